The smallest absolute Gasteiger partial charge is 0.373 e. The van der Waals surface area contributed by atoms with Gasteiger partial charge in [0.05, 0.1) is 33.6 Å². The van der Waals surface area contributed by atoms with Gasteiger partial charge in [0.15, 0.2) is 17.3 Å². The molecule has 3 atom stereocenters. The number of ether oxygens (including phenoxy) is 3. The first-order valence-corrected chi connectivity index (χ1v) is 14.8. The summed E-state index contributed by atoms with van der Waals surface area (Å²) >= 11 is 0. The summed E-state index contributed by atoms with van der Waals surface area (Å²) in [6.07, 6.45) is 1.46. The Morgan fingerprint density at radius 2 is 1.43 bits per heavy atom. The van der Waals surface area contributed by atoms with Gasteiger partial charge in [0, 0.05) is 23.4 Å². The highest BCUT2D eigenvalue weighted by molar-refractivity contribution is 6.38. The van der Waals surface area contributed by atoms with Crippen LogP contribution in [0, 0.1) is 11.8 Å². The number of Topliss-reactive ketones (excluding diaryl/α,β-unsaturated/α-hetero) is 2. The molecule has 0 aromatic heterocycles. The summed E-state index contributed by atoms with van der Waals surface area (Å²) in [5.74, 6) is -6.73. The second-order valence-electron chi connectivity index (χ2n) is 11.2. The monoisotopic (exact) mass is 643 g/mol. The third-order valence-corrected chi connectivity index (χ3v) is 7.92. The van der Waals surface area contributed by atoms with Crippen LogP contribution >= 0.6 is 0 Å². The van der Waals surface area contributed by atoms with Crippen molar-refractivity contribution < 1.29 is 43.3 Å². The number of hydrogen-bond donors (Lipinski definition) is 2. The van der Waals surface area contributed by atoms with Crippen LogP contribution in [0.2, 0.25) is 0 Å². The number of carboxylic acids is 1. The third kappa shape index (κ3) is 7.02. The van der Waals surface area contributed by atoms with E-state index in [9.17, 15) is 29.1 Å². The Labute approximate surface area is 272 Å². The Bertz CT molecular complexity index is 1660. The van der Waals surface area contributed by atoms with Crippen molar-refractivity contribution in [3.8, 4) is 17.2 Å². The minimum Gasteiger partial charge on any atom is -0.493 e. The molecular weight excluding hydrogens is 606 g/mol. The van der Waals surface area contributed by atoms with Gasteiger partial charge in [-0.05, 0) is 35.7 Å². The lowest BCUT2D eigenvalue weighted by Crippen LogP contribution is -2.56. The number of benzene rings is 3. The van der Waals surface area contributed by atoms with E-state index in [2.05, 4.69) is 0 Å². The lowest BCUT2D eigenvalue weighted by Gasteiger charge is -2.41. The molecule has 3 aromatic rings. The second-order valence-corrected chi connectivity index (χ2v) is 11.2. The van der Waals surface area contributed by atoms with Gasteiger partial charge in [-0.25, -0.2) is 4.79 Å². The average molecular weight is 644 g/mol. The lowest BCUT2D eigenvalue weighted by molar-refractivity contribution is -0.154. The molecule has 12 nitrogen and oxygen atoms in total. The molecule has 0 spiro atoms. The van der Waals surface area contributed by atoms with Crippen LogP contribution in [-0.4, -0.2) is 78.2 Å². The molecular formula is C35H37N3O9. The zero-order chi connectivity index (χ0) is 34.4. The number of ketones is 2. The predicted octanol–water partition coefficient (Wildman–Crippen LogP) is 3.56. The number of methoxy groups -OCH3 is 3. The van der Waals surface area contributed by atoms with Gasteiger partial charge >= 0.3 is 5.97 Å². The van der Waals surface area contributed by atoms with E-state index in [0.29, 0.717) is 16.7 Å². The van der Waals surface area contributed by atoms with Crippen LogP contribution in [0.25, 0.3) is 5.70 Å². The number of aliphatic carboxylic acids is 1. The zero-order valence-electron chi connectivity index (χ0n) is 26.7. The van der Waals surface area contributed by atoms with Gasteiger partial charge in [-0.2, -0.15) is 0 Å². The number of nitrogens with zero attached hydrogens (tertiary/aromatic N) is 2. The number of carbonyl (C=O) groups is 5. The first-order valence-electron chi connectivity index (χ1n) is 14.8. The fraction of sp³-hybridized carbons (Fsp3) is 0.286. The maximum absolute atomic E-state index is 14.4. The van der Waals surface area contributed by atoms with E-state index < -0.39 is 59.8 Å². The van der Waals surface area contributed by atoms with Crippen molar-refractivity contribution in [2.45, 2.75) is 25.9 Å². The molecule has 0 saturated carbocycles. The minimum atomic E-state index is -1.83. The van der Waals surface area contributed by atoms with E-state index >= 15 is 0 Å². The van der Waals surface area contributed by atoms with Gasteiger partial charge in [-0.3, -0.25) is 19.2 Å². The highest BCUT2D eigenvalue weighted by atomic mass is 16.5. The quantitative estimate of drug-likeness (QED) is 0.208. The number of rotatable bonds is 13. The molecule has 0 fully saturated rings. The van der Waals surface area contributed by atoms with Crippen LogP contribution in [0.3, 0.4) is 0 Å². The van der Waals surface area contributed by atoms with Crippen molar-refractivity contribution in [2.24, 2.45) is 17.6 Å². The highest BCUT2D eigenvalue weighted by Gasteiger charge is 2.44. The van der Waals surface area contributed by atoms with Crippen molar-refractivity contribution in [1.29, 1.82) is 0 Å². The molecule has 1 aliphatic rings. The number of carbonyl (C=O) groups excluding carboxylic acids is 4. The number of carboxylic acid groups (broad SMARTS) is 1. The van der Waals surface area contributed by atoms with Gasteiger partial charge in [0.25, 0.3) is 17.6 Å². The molecule has 0 bridgehead atoms. The normalized spacial score (nSPS) is 15.9. The first-order chi connectivity index (χ1) is 22.4. The van der Waals surface area contributed by atoms with Crippen LogP contribution in [0.15, 0.2) is 79.0 Å². The molecule has 1 aliphatic heterocycles. The van der Waals surface area contributed by atoms with Crippen molar-refractivity contribution >= 4 is 35.0 Å². The fourth-order valence-electron chi connectivity index (χ4n) is 5.59. The van der Waals surface area contributed by atoms with Gasteiger partial charge < -0.3 is 34.9 Å². The van der Waals surface area contributed by atoms with Crippen LogP contribution < -0.4 is 19.9 Å². The maximum atomic E-state index is 14.4. The van der Waals surface area contributed by atoms with Gasteiger partial charge in [0.1, 0.15) is 12.0 Å². The molecule has 2 amide bonds. The summed E-state index contributed by atoms with van der Waals surface area (Å²) in [5, 5.41) is 9.64. The molecule has 3 N–H and O–H groups in total. The minimum absolute atomic E-state index is 0.0959. The first kappa shape index (κ1) is 34.4. The van der Waals surface area contributed by atoms with Gasteiger partial charge in [0.2, 0.25) is 5.75 Å². The fourth-order valence-corrected chi connectivity index (χ4v) is 5.59. The zero-order valence-corrected chi connectivity index (χ0v) is 26.7. The van der Waals surface area contributed by atoms with E-state index in [-0.39, 0.29) is 22.9 Å². The Morgan fingerprint density at radius 1 is 0.872 bits per heavy atom. The summed E-state index contributed by atoms with van der Waals surface area (Å²) in [6, 6.07) is 17.3. The molecule has 0 aliphatic carbocycles. The van der Waals surface area contributed by atoms with Crippen molar-refractivity contribution in [2.75, 3.05) is 27.9 Å². The summed E-state index contributed by atoms with van der Waals surface area (Å²) in [4.78, 5) is 69.7. The molecule has 1 unspecified atom stereocenters. The van der Waals surface area contributed by atoms with Crippen molar-refractivity contribution in [3.05, 3.63) is 95.7 Å². The summed E-state index contributed by atoms with van der Waals surface area (Å²) < 4.78 is 16.5. The second kappa shape index (κ2) is 14.7. The largest absolute Gasteiger partial charge is 0.493 e. The van der Waals surface area contributed by atoms with Crippen LogP contribution in [-0.2, 0) is 19.2 Å². The Kier molecular flexibility index (Phi) is 10.8. The molecule has 246 valence electrons. The molecule has 0 radical (unpaired) electrons. The van der Waals surface area contributed by atoms with Crippen LogP contribution in [0.5, 0.6) is 17.2 Å². The van der Waals surface area contributed by atoms with E-state index in [4.69, 9.17) is 19.9 Å². The van der Waals surface area contributed by atoms with Gasteiger partial charge in [-0.1, -0.05) is 62.4 Å². The Balaban J connectivity index is 1.91. The number of hydrogen-bond acceptors (Lipinski definition) is 9. The van der Waals surface area contributed by atoms with E-state index in [1.807, 2.05) is 0 Å². The van der Waals surface area contributed by atoms with Crippen LogP contribution in [0.4, 0.5) is 0 Å². The SMILES string of the molecule is COc1cc(C2=CN(C(=O)c3ccccc3)[C@@H](C(C)C)C(=O)N2CC(=O)[C@@H](C(=O)C(=O)O)C(N)c2ccccc2)cc(OC)c1OC. The standard InChI is InChI=1S/C35H37N3O9/c1-20(2)30-34(42)37(19-25(39)28(31(40)35(43)44)29(36)21-12-8-6-9-13-21)24(18-38(30)33(41)22-14-10-7-11-15-22)23-16-26(45-3)32(47-5)27(17-23)46-4/h6-18,20,28-30H,19,36H2,1-5H3,(H,43,44)/t28-,29?,30+/m1/s1. The van der Waals surface area contributed by atoms with Gasteiger partial charge in [-0.15, -0.1) is 0 Å². The lowest BCUT2D eigenvalue weighted by atomic mass is 9.86. The van der Waals surface area contributed by atoms with Crippen molar-refractivity contribution in [3.63, 3.8) is 0 Å². The average Bonchev–Trinajstić information content (AvgIpc) is 3.08. The third-order valence-electron chi connectivity index (χ3n) is 7.92. The topological polar surface area (TPSA) is 166 Å². The number of amides is 2. The van der Waals surface area contributed by atoms with E-state index in [0.717, 1.165) is 4.90 Å². The molecule has 12 heteroatoms. The molecule has 3 aromatic carbocycles. The predicted molar refractivity (Wildman–Crippen MR) is 172 cm³/mol. The summed E-state index contributed by atoms with van der Waals surface area (Å²) in [5.41, 5.74) is 7.45. The van der Waals surface area contributed by atoms with Crippen molar-refractivity contribution in [1.82, 2.24) is 9.80 Å². The number of nitrogens with two attached hydrogens (primary N) is 1. The Morgan fingerprint density at radius 3 is 1.91 bits per heavy atom. The Hall–Kier alpha value is -5.49. The van der Waals surface area contributed by atoms with Crippen LogP contribution in [0.1, 0.15) is 41.4 Å². The molecule has 1 heterocycles. The summed E-state index contributed by atoms with van der Waals surface area (Å²) in [6.45, 7) is 2.80. The van der Waals surface area contributed by atoms with E-state index in [1.54, 1.807) is 86.6 Å². The highest BCUT2D eigenvalue weighted by Crippen LogP contribution is 2.42. The van der Waals surface area contributed by atoms with E-state index in [1.165, 1.54) is 32.4 Å². The molecule has 4 rings (SSSR count). The summed E-state index contributed by atoms with van der Waals surface area (Å²) in [7, 11) is 4.25. The molecule has 0 saturated heterocycles. The maximum Gasteiger partial charge on any atom is 0.373 e. The molecule has 47 heavy (non-hydrogen) atoms.